The van der Waals surface area contributed by atoms with Crippen molar-refractivity contribution in [1.29, 1.82) is 0 Å². The molecule has 0 saturated carbocycles. The second-order valence-corrected chi connectivity index (χ2v) is 6.93. The zero-order valence-corrected chi connectivity index (χ0v) is 15.1. The number of hydrogen-bond donors (Lipinski definition) is 1. The van der Waals surface area contributed by atoms with E-state index >= 15 is 0 Å². The maximum absolute atomic E-state index is 12.5. The smallest absolute Gasteiger partial charge is 0.271 e. The Kier molecular flexibility index (Phi) is 5.08. The van der Waals surface area contributed by atoms with E-state index in [1.54, 1.807) is 27.8 Å². The lowest BCUT2D eigenvalue weighted by atomic mass is 10.1. The lowest BCUT2D eigenvalue weighted by molar-refractivity contribution is -0.132. The van der Waals surface area contributed by atoms with E-state index < -0.39 is 0 Å². The Morgan fingerprint density at radius 2 is 1.96 bits per heavy atom. The van der Waals surface area contributed by atoms with Gasteiger partial charge in [-0.15, -0.1) is 0 Å². The Morgan fingerprint density at radius 1 is 1.24 bits per heavy atom. The summed E-state index contributed by atoms with van der Waals surface area (Å²) in [4.78, 5) is 26.4. The van der Waals surface area contributed by atoms with Crippen molar-refractivity contribution in [1.82, 2.24) is 20.0 Å². The maximum Gasteiger partial charge on any atom is 0.271 e. The lowest BCUT2D eigenvalue weighted by Crippen LogP contribution is -2.39. The molecule has 6 nitrogen and oxygen atoms in total. The van der Waals surface area contributed by atoms with Crippen molar-refractivity contribution in [3.63, 3.8) is 0 Å². The number of amides is 2. The maximum atomic E-state index is 12.5. The van der Waals surface area contributed by atoms with Crippen LogP contribution in [0.5, 0.6) is 0 Å². The molecule has 25 heavy (non-hydrogen) atoms. The average Bonchev–Trinajstić information content (AvgIpc) is 2.99. The van der Waals surface area contributed by atoms with Crippen molar-refractivity contribution in [2.24, 2.45) is 0 Å². The number of carbonyl (C=O) groups excluding carboxylic acids is 2. The molecule has 1 aromatic carbocycles. The monoisotopic (exact) mass is 360 g/mol. The van der Waals surface area contributed by atoms with Crippen molar-refractivity contribution in [3.8, 4) is 0 Å². The summed E-state index contributed by atoms with van der Waals surface area (Å²) < 4.78 is 1.81. The van der Waals surface area contributed by atoms with Gasteiger partial charge >= 0.3 is 0 Å². The molecular formula is C18H21ClN4O2. The minimum absolute atomic E-state index is 0.0583. The zero-order valence-electron chi connectivity index (χ0n) is 14.3. The number of benzene rings is 1. The molecule has 3 rings (SSSR count). The van der Waals surface area contributed by atoms with Crippen LogP contribution in [0.1, 0.15) is 35.6 Å². The van der Waals surface area contributed by atoms with Gasteiger partial charge in [0, 0.05) is 17.6 Å². The van der Waals surface area contributed by atoms with Crippen molar-refractivity contribution in [2.75, 3.05) is 6.54 Å². The number of aromatic nitrogens is 2. The normalized spacial score (nSPS) is 13.7. The highest BCUT2D eigenvalue weighted by Crippen LogP contribution is 2.16. The first-order chi connectivity index (χ1) is 11.9. The Balaban J connectivity index is 1.66. The predicted molar refractivity (Wildman–Crippen MR) is 95.4 cm³/mol. The first-order valence-corrected chi connectivity index (χ1v) is 8.70. The Hall–Kier alpha value is -2.34. The van der Waals surface area contributed by atoms with E-state index in [-0.39, 0.29) is 17.9 Å². The van der Waals surface area contributed by atoms with Gasteiger partial charge in [-0.3, -0.25) is 14.3 Å². The summed E-state index contributed by atoms with van der Waals surface area (Å²) in [5.74, 6) is -0.126. The van der Waals surface area contributed by atoms with Gasteiger partial charge in [0.1, 0.15) is 0 Å². The van der Waals surface area contributed by atoms with Crippen LogP contribution in [0.4, 0.5) is 0 Å². The number of fused-ring (bicyclic) bond motifs is 1. The molecule has 1 aliphatic rings. The molecule has 0 bridgehead atoms. The molecule has 0 radical (unpaired) electrons. The standard InChI is InChI=1S/C18H21ClN4O2/c1-12(2)20-18(25)16-10-15-11-22(7-8-23(15)21-16)17(24)9-13-3-5-14(19)6-4-13/h3-6,10,12H,7-9,11H2,1-2H3,(H,20,25). The quantitative estimate of drug-likeness (QED) is 0.909. The van der Waals surface area contributed by atoms with Gasteiger partial charge in [0.05, 0.1) is 25.2 Å². The highest BCUT2D eigenvalue weighted by molar-refractivity contribution is 6.30. The van der Waals surface area contributed by atoms with Gasteiger partial charge in [-0.05, 0) is 37.6 Å². The number of carbonyl (C=O) groups is 2. The first-order valence-electron chi connectivity index (χ1n) is 8.32. The third-order valence-corrected chi connectivity index (χ3v) is 4.32. The van der Waals surface area contributed by atoms with Crippen molar-refractivity contribution < 1.29 is 9.59 Å². The van der Waals surface area contributed by atoms with Crippen LogP contribution in [0.3, 0.4) is 0 Å². The van der Waals surface area contributed by atoms with E-state index in [2.05, 4.69) is 10.4 Å². The van der Waals surface area contributed by atoms with E-state index in [4.69, 9.17) is 11.6 Å². The molecule has 2 aromatic rings. The fraction of sp³-hybridized carbons (Fsp3) is 0.389. The zero-order chi connectivity index (χ0) is 18.0. The highest BCUT2D eigenvalue weighted by Gasteiger charge is 2.24. The summed E-state index contributed by atoms with van der Waals surface area (Å²) >= 11 is 5.87. The van der Waals surface area contributed by atoms with E-state index in [9.17, 15) is 9.59 Å². The average molecular weight is 361 g/mol. The minimum atomic E-state index is -0.184. The van der Waals surface area contributed by atoms with Crippen LogP contribution in [0.15, 0.2) is 30.3 Å². The van der Waals surface area contributed by atoms with Crippen LogP contribution in [0.2, 0.25) is 5.02 Å². The van der Waals surface area contributed by atoms with Gasteiger partial charge in [-0.25, -0.2) is 0 Å². The van der Waals surface area contributed by atoms with Crippen LogP contribution in [-0.2, 0) is 24.3 Å². The molecular weight excluding hydrogens is 340 g/mol. The van der Waals surface area contributed by atoms with Gasteiger partial charge in [-0.1, -0.05) is 23.7 Å². The number of halogens is 1. The second-order valence-electron chi connectivity index (χ2n) is 6.49. The Morgan fingerprint density at radius 3 is 2.64 bits per heavy atom. The van der Waals surface area contributed by atoms with Crippen LogP contribution in [0, 0.1) is 0 Å². The minimum Gasteiger partial charge on any atom is -0.348 e. The van der Waals surface area contributed by atoms with Crippen LogP contribution >= 0.6 is 11.6 Å². The number of rotatable bonds is 4. The fourth-order valence-corrected chi connectivity index (χ4v) is 2.94. The molecule has 0 saturated heterocycles. The molecule has 0 aliphatic carbocycles. The van der Waals surface area contributed by atoms with Crippen LogP contribution in [0.25, 0.3) is 0 Å². The molecule has 7 heteroatoms. The largest absolute Gasteiger partial charge is 0.348 e. The molecule has 1 N–H and O–H groups in total. The first kappa shape index (κ1) is 17.5. The molecule has 0 atom stereocenters. The topological polar surface area (TPSA) is 67.2 Å². The summed E-state index contributed by atoms with van der Waals surface area (Å²) in [5.41, 5.74) is 2.21. The molecule has 1 aliphatic heterocycles. The summed E-state index contributed by atoms with van der Waals surface area (Å²) in [5, 5.41) is 7.83. The Labute approximate surface area is 151 Å². The van der Waals surface area contributed by atoms with E-state index in [1.807, 2.05) is 26.0 Å². The van der Waals surface area contributed by atoms with Crippen molar-refractivity contribution in [2.45, 2.75) is 39.4 Å². The van der Waals surface area contributed by atoms with Gasteiger partial charge in [-0.2, -0.15) is 5.10 Å². The molecule has 1 aromatic heterocycles. The summed E-state index contributed by atoms with van der Waals surface area (Å²) in [6.45, 7) is 5.47. The van der Waals surface area contributed by atoms with Gasteiger partial charge < -0.3 is 10.2 Å². The third-order valence-electron chi connectivity index (χ3n) is 4.07. The van der Waals surface area contributed by atoms with E-state index in [0.717, 1.165) is 11.3 Å². The van der Waals surface area contributed by atoms with Crippen LogP contribution in [-0.4, -0.2) is 39.1 Å². The molecule has 0 unspecified atom stereocenters. The molecule has 0 spiro atoms. The molecule has 2 amide bonds. The number of nitrogens with one attached hydrogen (secondary N) is 1. The lowest BCUT2D eigenvalue weighted by Gasteiger charge is -2.27. The third kappa shape index (κ3) is 4.20. The molecule has 2 heterocycles. The predicted octanol–water partition coefficient (Wildman–Crippen LogP) is 2.26. The molecule has 0 fully saturated rings. The fourth-order valence-electron chi connectivity index (χ4n) is 2.82. The van der Waals surface area contributed by atoms with Gasteiger partial charge in [0.2, 0.25) is 5.91 Å². The van der Waals surface area contributed by atoms with Gasteiger partial charge in [0.15, 0.2) is 5.69 Å². The Bertz CT molecular complexity index is 783. The SMILES string of the molecule is CC(C)NC(=O)c1cc2n(n1)CCN(C(=O)Cc1ccc(Cl)cc1)C2. The van der Waals surface area contributed by atoms with Crippen molar-refractivity contribution >= 4 is 23.4 Å². The molecule has 132 valence electrons. The number of nitrogens with zero attached hydrogens (tertiary/aromatic N) is 3. The van der Waals surface area contributed by atoms with E-state index in [1.165, 1.54) is 0 Å². The van der Waals surface area contributed by atoms with E-state index in [0.29, 0.717) is 36.8 Å². The highest BCUT2D eigenvalue weighted by atomic mass is 35.5. The van der Waals surface area contributed by atoms with Gasteiger partial charge in [0.25, 0.3) is 5.91 Å². The van der Waals surface area contributed by atoms with Crippen LogP contribution < -0.4 is 5.32 Å². The van der Waals surface area contributed by atoms with Crippen molar-refractivity contribution in [3.05, 3.63) is 52.3 Å². The summed E-state index contributed by atoms with van der Waals surface area (Å²) in [6.07, 6.45) is 0.339. The summed E-state index contributed by atoms with van der Waals surface area (Å²) in [6, 6.07) is 9.12. The number of hydrogen-bond acceptors (Lipinski definition) is 3. The second kappa shape index (κ2) is 7.27. The summed E-state index contributed by atoms with van der Waals surface area (Å²) in [7, 11) is 0.